The molecule has 2 N–H and O–H groups in total. The van der Waals surface area contributed by atoms with E-state index in [1.54, 1.807) is 29.5 Å². The molecule has 5 heteroatoms. The molecule has 0 radical (unpaired) electrons. The molecule has 0 spiro atoms. The number of anilines is 1. The summed E-state index contributed by atoms with van der Waals surface area (Å²) in [7, 11) is 0. The molecule has 1 amide bonds. The Morgan fingerprint density at radius 1 is 1.30 bits per heavy atom. The minimum absolute atomic E-state index is 0.00125. The summed E-state index contributed by atoms with van der Waals surface area (Å²) in [6.07, 6.45) is 1.90. The Morgan fingerprint density at radius 2 is 2.20 bits per heavy atom. The van der Waals surface area contributed by atoms with Gasteiger partial charge >= 0.3 is 0 Å². The molecule has 20 heavy (non-hydrogen) atoms. The molecule has 2 heterocycles. The van der Waals surface area contributed by atoms with Gasteiger partial charge in [-0.2, -0.15) is 11.3 Å². The van der Waals surface area contributed by atoms with E-state index in [2.05, 4.69) is 10.3 Å². The third-order valence-corrected chi connectivity index (χ3v) is 3.70. The number of amides is 1. The fraction of sp³-hybridized carbons (Fsp3) is 0.0667. The van der Waals surface area contributed by atoms with E-state index >= 15 is 0 Å². The second-order valence-electron chi connectivity index (χ2n) is 4.43. The van der Waals surface area contributed by atoms with Crippen LogP contribution in [0.3, 0.4) is 0 Å². The van der Waals surface area contributed by atoms with E-state index in [1.165, 1.54) is 6.20 Å². The van der Waals surface area contributed by atoms with Crippen LogP contribution in [0, 0.1) is 0 Å². The first kappa shape index (κ1) is 12.6. The van der Waals surface area contributed by atoms with E-state index in [4.69, 9.17) is 0 Å². The third-order valence-electron chi connectivity index (χ3n) is 2.97. The molecule has 3 aromatic rings. The molecule has 0 fully saturated rings. The lowest BCUT2D eigenvalue weighted by molar-refractivity contribution is -0.115. The third kappa shape index (κ3) is 2.62. The number of rotatable bonds is 3. The van der Waals surface area contributed by atoms with E-state index in [0.717, 1.165) is 10.9 Å². The highest BCUT2D eigenvalue weighted by Gasteiger charge is 2.06. The quantitative estimate of drug-likeness (QED) is 0.776. The van der Waals surface area contributed by atoms with Gasteiger partial charge in [-0.1, -0.05) is 0 Å². The van der Waals surface area contributed by atoms with Crippen molar-refractivity contribution in [2.75, 3.05) is 5.32 Å². The molecule has 4 nitrogen and oxygen atoms in total. The number of nitrogens with zero attached hydrogens (tertiary/aromatic N) is 1. The van der Waals surface area contributed by atoms with E-state index < -0.39 is 0 Å². The molecular weight excluding hydrogens is 272 g/mol. The summed E-state index contributed by atoms with van der Waals surface area (Å²) in [5.74, 6) is -0.0559. The van der Waals surface area contributed by atoms with E-state index in [-0.39, 0.29) is 11.8 Å². The lowest BCUT2D eigenvalue weighted by atomic mass is 10.1. The minimum Gasteiger partial charge on any atom is -0.493 e. The highest BCUT2D eigenvalue weighted by Crippen LogP contribution is 2.24. The summed E-state index contributed by atoms with van der Waals surface area (Å²) in [4.78, 5) is 15.7. The summed E-state index contributed by atoms with van der Waals surface area (Å²) in [5.41, 5.74) is 1.72. The molecular formula is C15H12N2O2S. The van der Waals surface area contributed by atoms with Crippen LogP contribution in [0.4, 0.5) is 5.69 Å². The molecule has 0 saturated heterocycles. The van der Waals surface area contributed by atoms with Crippen molar-refractivity contribution in [1.82, 2.24) is 4.98 Å². The standard InChI is InChI=1S/C15H12N2O2S/c18-14(7-10-4-6-20-9-10)17-12-1-2-13-11(8-12)3-5-16-15(13)19/h1-6,8-9H,7H2,(H,16,19)(H,17,18). The van der Waals surface area contributed by atoms with Crippen molar-refractivity contribution in [1.29, 1.82) is 0 Å². The number of aromatic hydroxyl groups is 1. The van der Waals surface area contributed by atoms with Crippen LogP contribution >= 0.6 is 11.3 Å². The average molecular weight is 284 g/mol. The number of fused-ring (bicyclic) bond motifs is 1. The van der Waals surface area contributed by atoms with Gasteiger partial charge in [-0.25, -0.2) is 4.98 Å². The van der Waals surface area contributed by atoms with Crippen LogP contribution in [-0.4, -0.2) is 16.0 Å². The molecule has 3 rings (SSSR count). The number of carbonyl (C=O) groups is 1. The van der Waals surface area contributed by atoms with Crippen molar-refractivity contribution in [2.45, 2.75) is 6.42 Å². The maximum absolute atomic E-state index is 11.9. The summed E-state index contributed by atoms with van der Waals surface area (Å²) >= 11 is 1.58. The van der Waals surface area contributed by atoms with Crippen LogP contribution in [-0.2, 0) is 11.2 Å². The number of aromatic nitrogens is 1. The molecule has 0 saturated carbocycles. The molecule has 0 aliphatic heterocycles. The van der Waals surface area contributed by atoms with E-state index in [9.17, 15) is 9.90 Å². The maximum atomic E-state index is 11.9. The minimum atomic E-state index is -0.0546. The summed E-state index contributed by atoms with van der Waals surface area (Å²) in [6, 6.07) is 9.06. The predicted octanol–water partition coefficient (Wildman–Crippen LogP) is 3.18. The molecule has 0 aliphatic rings. The van der Waals surface area contributed by atoms with Crippen molar-refractivity contribution in [3.63, 3.8) is 0 Å². The first-order valence-corrected chi connectivity index (χ1v) is 7.05. The molecule has 0 aliphatic carbocycles. The van der Waals surface area contributed by atoms with Crippen LogP contribution in [0.1, 0.15) is 5.56 Å². The van der Waals surface area contributed by atoms with Crippen molar-refractivity contribution in [2.24, 2.45) is 0 Å². The van der Waals surface area contributed by atoms with Crippen LogP contribution in [0.2, 0.25) is 0 Å². The summed E-state index contributed by atoms with van der Waals surface area (Å²) < 4.78 is 0. The van der Waals surface area contributed by atoms with Gasteiger partial charge in [0.05, 0.1) is 6.42 Å². The van der Waals surface area contributed by atoms with Crippen molar-refractivity contribution in [3.05, 3.63) is 52.9 Å². The van der Waals surface area contributed by atoms with Gasteiger partial charge in [0, 0.05) is 17.3 Å². The number of hydrogen-bond acceptors (Lipinski definition) is 4. The van der Waals surface area contributed by atoms with Crippen LogP contribution < -0.4 is 5.32 Å². The smallest absolute Gasteiger partial charge is 0.228 e. The fourth-order valence-electron chi connectivity index (χ4n) is 2.02. The lowest BCUT2D eigenvalue weighted by Gasteiger charge is -2.06. The van der Waals surface area contributed by atoms with Crippen LogP contribution in [0.25, 0.3) is 10.8 Å². The van der Waals surface area contributed by atoms with Crippen molar-refractivity contribution in [3.8, 4) is 5.88 Å². The molecule has 0 unspecified atom stereocenters. The Hall–Kier alpha value is -2.40. The first-order valence-electron chi connectivity index (χ1n) is 6.11. The number of thiophene rings is 1. The van der Waals surface area contributed by atoms with Gasteiger partial charge in [-0.3, -0.25) is 4.79 Å². The number of pyridine rings is 1. The zero-order valence-electron chi connectivity index (χ0n) is 10.5. The second-order valence-corrected chi connectivity index (χ2v) is 5.21. The van der Waals surface area contributed by atoms with Gasteiger partial charge in [-0.15, -0.1) is 0 Å². The molecule has 2 aromatic heterocycles. The Kier molecular flexibility index (Phi) is 3.35. The Labute approximate surface area is 119 Å². The average Bonchev–Trinajstić information content (AvgIpc) is 2.91. The van der Waals surface area contributed by atoms with E-state index in [1.807, 2.05) is 22.9 Å². The van der Waals surface area contributed by atoms with Gasteiger partial charge < -0.3 is 10.4 Å². The highest BCUT2D eigenvalue weighted by molar-refractivity contribution is 7.08. The predicted molar refractivity (Wildman–Crippen MR) is 80.1 cm³/mol. The van der Waals surface area contributed by atoms with Crippen molar-refractivity contribution >= 4 is 33.7 Å². The largest absolute Gasteiger partial charge is 0.493 e. The summed E-state index contributed by atoms with van der Waals surface area (Å²) in [5, 5.41) is 17.9. The number of hydrogen-bond donors (Lipinski definition) is 2. The van der Waals surface area contributed by atoms with Crippen molar-refractivity contribution < 1.29 is 9.90 Å². The zero-order valence-corrected chi connectivity index (χ0v) is 11.4. The number of carbonyl (C=O) groups excluding carboxylic acids is 1. The van der Waals surface area contributed by atoms with E-state index in [0.29, 0.717) is 17.5 Å². The SMILES string of the molecule is O=C(Cc1ccsc1)Nc1ccc2c(O)nccc2c1. The monoisotopic (exact) mass is 284 g/mol. The van der Waals surface area contributed by atoms with Gasteiger partial charge in [0.15, 0.2) is 0 Å². The second kappa shape index (κ2) is 5.30. The topological polar surface area (TPSA) is 62.2 Å². The lowest BCUT2D eigenvalue weighted by Crippen LogP contribution is -2.13. The Bertz CT molecular complexity index is 754. The first-order chi connectivity index (χ1) is 9.72. The molecule has 1 aromatic carbocycles. The fourth-order valence-corrected chi connectivity index (χ4v) is 2.69. The van der Waals surface area contributed by atoms with Gasteiger partial charge in [-0.05, 0) is 52.0 Å². The van der Waals surface area contributed by atoms with Crippen LogP contribution in [0.5, 0.6) is 5.88 Å². The van der Waals surface area contributed by atoms with Gasteiger partial charge in [0.1, 0.15) is 0 Å². The maximum Gasteiger partial charge on any atom is 0.228 e. The van der Waals surface area contributed by atoms with Crippen LogP contribution in [0.15, 0.2) is 47.3 Å². The summed E-state index contributed by atoms with van der Waals surface area (Å²) in [6.45, 7) is 0. The zero-order chi connectivity index (χ0) is 13.9. The Morgan fingerprint density at radius 3 is 3.00 bits per heavy atom. The van der Waals surface area contributed by atoms with Gasteiger partial charge in [0.25, 0.3) is 0 Å². The normalized spacial score (nSPS) is 10.6. The van der Waals surface area contributed by atoms with Gasteiger partial charge in [0.2, 0.25) is 11.8 Å². The highest BCUT2D eigenvalue weighted by atomic mass is 32.1. The number of nitrogens with one attached hydrogen (secondary N) is 1. The Balaban J connectivity index is 1.79. The molecule has 0 atom stereocenters. The molecule has 100 valence electrons. The number of benzene rings is 1. The molecule has 0 bridgehead atoms.